The Morgan fingerprint density at radius 1 is 1.00 bits per heavy atom. The molecule has 0 saturated heterocycles. The highest BCUT2D eigenvalue weighted by Gasteiger charge is 2.19. The Balaban J connectivity index is 1.53. The molecule has 0 saturated carbocycles. The predicted octanol–water partition coefficient (Wildman–Crippen LogP) is 8.87. The van der Waals surface area contributed by atoms with Crippen LogP contribution in [0.25, 0.3) is 22.6 Å². The van der Waals surface area contributed by atoms with Gasteiger partial charge in [-0.25, -0.2) is 4.98 Å². The number of nitrogens with zero attached hydrogens (tertiary/aromatic N) is 1. The zero-order valence-electron chi connectivity index (χ0n) is 19.4. The smallest absolute Gasteiger partial charge is 0.262 e. The number of aromatic nitrogens is 1. The van der Waals surface area contributed by atoms with Gasteiger partial charge in [-0.3, -0.25) is 4.79 Å². The van der Waals surface area contributed by atoms with E-state index in [2.05, 4.69) is 24.1 Å². The predicted molar refractivity (Wildman–Crippen MR) is 144 cm³/mol. The Morgan fingerprint density at radius 2 is 1.69 bits per heavy atom. The average Bonchev–Trinajstić information content (AvgIpc) is 3.26. The molecule has 9 heteroatoms. The zero-order valence-corrected chi connectivity index (χ0v) is 22.5. The van der Waals surface area contributed by atoms with Gasteiger partial charge in [0, 0.05) is 10.6 Å². The van der Waals surface area contributed by atoms with Gasteiger partial charge in [0.2, 0.25) is 5.89 Å². The minimum absolute atomic E-state index is 0.204. The number of anilines is 1. The maximum absolute atomic E-state index is 12.6. The molecule has 1 heterocycles. The Labute approximate surface area is 223 Å². The van der Waals surface area contributed by atoms with Crippen molar-refractivity contribution in [2.45, 2.75) is 33.6 Å². The lowest BCUT2D eigenvalue weighted by atomic mass is 10.0. The summed E-state index contributed by atoms with van der Waals surface area (Å²) in [5.74, 6) is 0.565. The highest BCUT2D eigenvalue weighted by Crippen LogP contribution is 2.42. The molecule has 1 amide bonds. The van der Waals surface area contributed by atoms with Gasteiger partial charge in [0.25, 0.3) is 5.91 Å². The van der Waals surface area contributed by atoms with Crippen molar-refractivity contribution in [3.63, 3.8) is 0 Å². The Bertz CT molecular complexity index is 1420. The van der Waals surface area contributed by atoms with E-state index in [9.17, 15) is 4.79 Å². The first-order chi connectivity index (χ1) is 16.6. The van der Waals surface area contributed by atoms with Crippen LogP contribution in [0.5, 0.6) is 5.75 Å². The first kappa shape index (κ1) is 25.6. The van der Waals surface area contributed by atoms with Crippen molar-refractivity contribution >= 4 is 69.1 Å². The van der Waals surface area contributed by atoms with E-state index < -0.39 is 5.91 Å². The second-order valence-corrected chi connectivity index (χ2v) is 9.99. The molecule has 3 aromatic carbocycles. The number of fused-ring (bicyclic) bond motifs is 1. The molecule has 4 rings (SSSR count). The standard InChI is InChI=1S/C26H22Cl4N2O3/c1-12(2)15-6-8-20-19(9-15)32-26(35-20)16-5-7-17(27)18(10-16)31-21(33)11-34-25-23(29)13(3)22(28)14(4)24(25)30/h5-10,12H,11H2,1-4H3,(H,31,33). The van der Waals surface area contributed by atoms with Crippen molar-refractivity contribution in [3.05, 3.63) is 73.2 Å². The lowest BCUT2D eigenvalue weighted by molar-refractivity contribution is -0.118. The maximum atomic E-state index is 12.6. The van der Waals surface area contributed by atoms with Crippen molar-refractivity contribution < 1.29 is 13.9 Å². The minimum Gasteiger partial charge on any atom is -0.481 e. The third kappa shape index (κ3) is 5.24. The van der Waals surface area contributed by atoms with E-state index in [1.807, 2.05) is 18.2 Å². The maximum Gasteiger partial charge on any atom is 0.262 e. The molecule has 0 spiro atoms. The Kier molecular flexibility index (Phi) is 7.53. The average molecular weight is 552 g/mol. The molecule has 5 nitrogen and oxygen atoms in total. The van der Waals surface area contributed by atoms with Crippen molar-refractivity contribution in [1.82, 2.24) is 4.98 Å². The monoisotopic (exact) mass is 550 g/mol. The largest absolute Gasteiger partial charge is 0.481 e. The van der Waals surface area contributed by atoms with Gasteiger partial charge >= 0.3 is 0 Å². The number of nitrogens with one attached hydrogen (secondary N) is 1. The quantitative estimate of drug-likeness (QED) is 0.260. The van der Waals surface area contributed by atoms with Gasteiger partial charge in [0.1, 0.15) is 5.52 Å². The first-order valence-electron chi connectivity index (χ1n) is 10.8. The zero-order chi connectivity index (χ0) is 25.4. The molecule has 0 atom stereocenters. The fourth-order valence-corrected chi connectivity index (χ4v) is 4.53. The molecule has 0 fully saturated rings. The van der Waals surface area contributed by atoms with Gasteiger partial charge in [-0.15, -0.1) is 0 Å². The van der Waals surface area contributed by atoms with Crippen molar-refractivity contribution in [2.75, 3.05) is 11.9 Å². The number of hydrogen-bond acceptors (Lipinski definition) is 4. The number of amides is 1. The molecular formula is C26H22Cl4N2O3. The second-order valence-electron chi connectivity index (χ2n) is 8.45. The van der Waals surface area contributed by atoms with Crippen molar-refractivity contribution in [2.24, 2.45) is 0 Å². The van der Waals surface area contributed by atoms with Gasteiger partial charge in [-0.1, -0.05) is 66.3 Å². The third-order valence-corrected chi connectivity index (χ3v) is 7.44. The van der Waals surface area contributed by atoms with Crippen LogP contribution < -0.4 is 10.1 Å². The van der Waals surface area contributed by atoms with Crippen molar-refractivity contribution in [3.8, 4) is 17.2 Å². The van der Waals surface area contributed by atoms with Gasteiger partial charge < -0.3 is 14.5 Å². The summed E-state index contributed by atoms with van der Waals surface area (Å²) < 4.78 is 11.6. The number of carbonyl (C=O) groups excluding carboxylic acids is 1. The first-order valence-corrected chi connectivity index (χ1v) is 12.3. The molecule has 0 aliphatic rings. The van der Waals surface area contributed by atoms with Gasteiger partial charge in [0.15, 0.2) is 17.9 Å². The van der Waals surface area contributed by atoms with E-state index in [0.29, 0.717) is 49.8 Å². The van der Waals surface area contributed by atoms with E-state index in [-0.39, 0.29) is 22.4 Å². The summed E-state index contributed by atoms with van der Waals surface area (Å²) in [6, 6.07) is 11.1. The van der Waals surface area contributed by atoms with Gasteiger partial charge in [0.05, 0.1) is 20.8 Å². The van der Waals surface area contributed by atoms with Crippen LogP contribution in [-0.4, -0.2) is 17.5 Å². The molecule has 1 aromatic heterocycles. The molecule has 4 aromatic rings. The molecular weight excluding hydrogens is 530 g/mol. The van der Waals surface area contributed by atoms with Gasteiger partial charge in [-0.2, -0.15) is 0 Å². The Hall–Kier alpha value is -2.44. The number of oxazole rings is 1. The number of halogens is 4. The summed E-state index contributed by atoms with van der Waals surface area (Å²) in [4.78, 5) is 17.2. The third-order valence-electron chi connectivity index (χ3n) is 5.63. The highest BCUT2D eigenvalue weighted by molar-refractivity contribution is 6.42. The second kappa shape index (κ2) is 10.3. The van der Waals surface area contributed by atoms with Gasteiger partial charge in [-0.05, 0) is 66.8 Å². The lowest BCUT2D eigenvalue weighted by Gasteiger charge is -2.15. The van der Waals surface area contributed by atoms with E-state index in [1.54, 1.807) is 32.0 Å². The fourth-order valence-electron chi connectivity index (χ4n) is 3.54. The van der Waals surface area contributed by atoms with E-state index in [4.69, 9.17) is 55.6 Å². The molecule has 35 heavy (non-hydrogen) atoms. The number of carbonyl (C=O) groups is 1. The van der Waals surface area contributed by atoms with Crippen LogP contribution in [0, 0.1) is 13.8 Å². The summed E-state index contributed by atoms with van der Waals surface area (Å²) >= 11 is 25.2. The number of rotatable bonds is 6. The molecule has 1 N–H and O–H groups in total. The normalized spacial score (nSPS) is 11.3. The highest BCUT2D eigenvalue weighted by atomic mass is 35.5. The molecule has 0 unspecified atom stereocenters. The topological polar surface area (TPSA) is 64.4 Å². The number of benzene rings is 3. The summed E-state index contributed by atoms with van der Waals surface area (Å²) in [5, 5.41) is 4.08. The van der Waals surface area contributed by atoms with Crippen LogP contribution >= 0.6 is 46.4 Å². The van der Waals surface area contributed by atoms with Crippen LogP contribution in [0.3, 0.4) is 0 Å². The molecule has 182 valence electrons. The summed E-state index contributed by atoms with van der Waals surface area (Å²) in [6.07, 6.45) is 0. The summed E-state index contributed by atoms with van der Waals surface area (Å²) in [6.45, 7) is 7.42. The molecule has 0 aliphatic heterocycles. The SMILES string of the molecule is Cc1c(Cl)c(C)c(Cl)c(OCC(=O)Nc2cc(-c3nc4cc(C(C)C)ccc4o3)ccc2Cl)c1Cl. The van der Waals surface area contributed by atoms with E-state index >= 15 is 0 Å². The number of hydrogen-bond donors (Lipinski definition) is 1. The van der Waals surface area contributed by atoms with E-state index in [0.717, 1.165) is 5.52 Å². The van der Waals surface area contributed by atoms with Crippen LogP contribution in [0.1, 0.15) is 36.5 Å². The fraction of sp³-hybridized carbons (Fsp3) is 0.231. The minimum atomic E-state index is -0.444. The van der Waals surface area contributed by atoms with Crippen LogP contribution in [-0.2, 0) is 4.79 Å². The molecule has 0 aliphatic carbocycles. The molecule has 0 radical (unpaired) electrons. The van der Waals surface area contributed by atoms with Crippen molar-refractivity contribution in [1.29, 1.82) is 0 Å². The lowest BCUT2D eigenvalue weighted by Crippen LogP contribution is -2.20. The molecule has 0 bridgehead atoms. The van der Waals surface area contributed by atoms with E-state index in [1.165, 1.54) is 5.56 Å². The number of ether oxygens (including phenoxy) is 1. The van der Waals surface area contributed by atoms with Crippen LogP contribution in [0.15, 0.2) is 40.8 Å². The Morgan fingerprint density at radius 3 is 2.34 bits per heavy atom. The summed E-state index contributed by atoms with van der Waals surface area (Å²) in [5.41, 5.74) is 4.93. The van der Waals surface area contributed by atoms with Crippen LogP contribution in [0.4, 0.5) is 5.69 Å². The van der Waals surface area contributed by atoms with Crippen LogP contribution in [0.2, 0.25) is 20.1 Å². The summed E-state index contributed by atoms with van der Waals surface area (Å²) in [7, 11) is 0.